The molecular weight excluding hydrogens is 402 g/mol. The van der Waals surface area contributed by atoms with Crippen molar-refractivity contribution in [2.24, 2.45) is 5.41 Å². The highest BCUT2D eigenvalue weighted by molar-refractivity contribution is 6.17. The van der Waals surface area contributed by atoms with Crippen molar-refractivity contribution in [2.45, 2.75) is 18.3 Å². The Kier molecular flexibility index (Phi) is 4.95. The van der Waals surface area contributed by atoms with Crippen molar-refractivity contribution in [3.8, 4) is 12.1 Å². The fraction of sp³-hybridized carbons (Fsp3) is 0.231. The number of nitrogens with zero attached hydrogens (tertiary/aromatic N) is 3. The number of allylic oxidation sites excluding steroid dienone is 1. The summed E-state index contributed by atoms with van der Waals surface area (Å²) in [7, 11) is 1.23. The van der Waals surface area contributed by atoms with Gasteiger partial charge in [-0.2, -0.15) is 10.5 Å². The number of anilines is 1. The van der Waals surface area contributed by atoms with Gasteiger partial charge >= 0.3 is 5.97 Å². The topological polar surface area (TPSA) is 94.2 Å². The van der Waals surface area contributed by atoms with Gasteiger partial charge in [0.1, 0.15) is 5.41 Å². The Bertz CT molecular complexity index is 1230. The number of carbonyl (C=O) groups excluding carboxylic acids is 2. The molecule has 1 heterocycles. The Balaban J connectivity index is 2.11. The number of hydrogen-bond donors (Lipinski definition) is 0. The van der Waals surface area contributed by atoms with Crippen molar-refractivity contribution >= 4 is 17.6 Å². The Morgan fingerprint density at radius 3 is 2.44 bits per heavy atom. The van der Waals surface area contributed by atoms with E-state index in [0.717, 1.165) is 5.56 Å². The van der Waals surface area contributed by atoms with Crippen LogP contribution in [-0.4, -0.2) is 25.5 Å². The molecule has 0 unspecified atom stereocenters. The maximum Gasteiger partial charge on any atom is 0.334 e. The Morgan fingerprint density at radius 1 is 1.19 bits per heavy atom. The van der Waals surface area contributed by atoms with Gasteiger partial charge in [-0.15, -0.1) is 6.58 Å². The third-order valence-corrected chi connectivity index (χ3v) is 6.47. The zero-order valence-electron chi connectivity index (χ0n) is 17.8. The molecule has 1 aliphatic carbocycles. The molecule has 1 aliphatic heterocycles. The maximum absolute atomic E-state index is 14.1. The predicted octanol–water partition coefficient (Wildman–Crippen LogP) is 3.70. The molecular formula is C26H21N3O3. The van der Waals surface area contributed by atoms with Gasteiger partial charge in [0.15, 0.2) is 5.41 Å². The zero-order valence-corrected chi connectivity index (χ0v) is 17.8. The quantitative estimate of drug-likeness (QED) is 0.552. The van der Waals surface area contributed by atoms with E-state index < -0.39 is 28.6 Å². The number of fused-ring (bicyclic) bond motifs is 2. The van der Waals surface area contributed by atoms with Gasteiger partial charge in [0.05, 0.1) is 24.8 Å². The SMILES string of the molecule is C=CCN1C(=O)[C@@]2(C(C(=O)OC)=C[C@@H](c3ccc(C)cc3)C2(C#N)C#N)c2ccccc21. The summed E-state index contributed by atoms with van der Waals surface area (Å²) in [5, 5.41) is 21.0. The van der Waals surface area contributed by atoms with Crippen molar-refractivity contribution in [3.63, 3.8) is 0 Å². The first kappa shape index (κ1) is 21.1. The molecule has 0 aromatic heterocycles. The number of amides is 1. The molecule has 1 spiro atoms. The van der Waals surface area contributed by atoms with Crippen LogP contribution < -0.4 is 4.90 Å². The monoisotopic (exact) mass is 423 g/mol. The number of rotatable bonds is 4. The third kappa shape index (κ3) is 2.44. The van der Waals surface area contributed by atoms with E-state index in [1.54, 1.807) is 36.4 Å². The number of hydrogen-bond acceptors (Lipinski definition) is 5. The molecule has 6 nitrogen and oxygen atoms in total. The number of esters is 1. The van der Waals surface area contributed by atoms with Crippen molar-refractivity contribution < 1.29 is 14.3 Å². The van der Waals surface area contributed by atoms with E-state index in [9.17, 15) is 20.1 Å². The molecule has 1 amide bonds. The predicted molar refractivity (Wildman–Crippen MR) is 118 cm³/mol. The summed E-state index contributed by atoms with van der Waals surface area (Å²) in [4.78, 5) is 28.6. The Labute approximate surface area is 186 Å². The average molecular weight is 423 g/mol. The fourth-order valence-electron chi connectivity index (χ4n) is 5.05. The zero-order chi connectivity index (χ0) is 23.1. The van der Waals surface area contributed by atoms with Crippen LogP contribution in [0.15, 0.2) is 72.8 Å². The second-order valence-corrected chi connectivity index (χ2v) is 7.96. The third-order valence-electron chi connectivity index (χ3n) is 6.47. The highest BCUT2D eigenvalue weighted by Crippen LogP contribution is 2.65. The Morgan fingerprint density at radius 2 is 1.84 bits per heavy atom. The normalized spacial score (nSPS) is 22.6. The van der Waals surface area contributed by atoms with Crippen LogP contribution >= 0.6 is 0 Å². The standard InChI is InChI=1S/C26H21N3O3/c1-4-13-29-22-8-6-5-7-19(22)26(24(29)31)21(23(30)32-3)14-20(25(26,15-27)16-28)18-11-9-17(2)10-12-18/h4-12,14,20H,1,13H2,2-3H3/t20-,26-/m0/s1. The van der Waals surface area contributed by atoms with E-state index >= 15 is 0 Å². The summed E-state index contributed by atoms with van der Waals surface area (Å²) in [6, 6.07) is 18.7. The molecule has 32 heavy (non-hydrogen) atoms. The minimum Gasteiger partial charge on any atom is -0.466 e. The highest BCUT2D eigenvalue weighted by atomic mass is 16.5. The number of aryl methyl sites for hydroxylation is 1. The number of para-hydroxylation sites is 1. The molecule has 2 aromatic carbocycles. The molecule has 2 atom stereocenters. The molecule has 0 fully saturated rings. The molecule has 2 aliphatic rings. The lowest BCUT2D eigenvalue weighted by Gasteiger charge is -2.37. The van der Waals surface area contributed by atoms with E-state index in [0.29, 0.717) is 16.8 Å². The second kappa shape index (κ2) is 7.51. The van der Waals surface area contributed by atoms with Crippen molar-refractivity contribution in [3.05, 3.63) is 89.5 Å². The first-order valence-electron chi connectivity index (χ1n) is 10.1. The molecule has 0 saturated heterocycles. The van der Waals surface area contributed by atoms with Crippen LogP contribution in [0, 0.1) is 35.0 Å². The van der Waals surface area contributed by atoms with E-state index in [4.69, 9.17) is 4.74 Å². The van der Waals surface area contributed by atoms with Crippen LogP contribution in [-0.2, 0) is 19.7 Å². The number of benzene rings is 2. The molecule has 6 heteroatoms. The molecule has 0 N–H and O–H groups in total. The summed E-state index contributed by atoms with van der Waals surface area (Å²) in [5.41, 5.74) is -1.03. The van der Waals surface area contributed by atoms with Gasteiger partial charge in [0, 0.05) is 18.2 Å². The highest BCUT2D eigenvalue weighted by Gasteiger charge is 2.73. The van der Waals surface area contributed by atoms with Gasteiger partial charge in [-0.05, 0) is 24.1 Å². The lowest BCUT2D eigenvalue weighted by molar-refractivity contribution is -0.139. The lowest BCUT2D eigenvalue weighted by atomic mass is 9.57. The van der Waals surface area contributed by atoms with E-state index in [2.05, 4.69) is 18.7 Å². The van der Waals surface area contributed by atoms with Crippen molar-refractivity contribution in [1.82, 2.24) is 0 Å². The first-order valence-corrected chi connectivity index (χ1v) is 10.1. The maximum atomic E-state index is 14.1. The van der Waals surface area contributed by atoms with E-state index in [-0.39, 0.29) is 12.1 Å². The van der Waals surface area contributed by atoms with Crippen LogP contribution in [0.5, 0.6) is 0 Å². The molecule has 4 rings (SSSR count). The van der Waals surface area contributed by atoms with Gasteiger partial charge < -0.3 is 9.64 Å². The molecule has 0 radical (unpaired) electrons. The molecule has 2 aromatic rings. The Hall–Kier alpha value is -4.16. The summed E-state index contributed by atoms with van der Waals surface area (Å²) in [5.74, 6) is -2.06. The minimum atomic E-state index is -1.89. The second-order valence-electron chi connectivity index (χ2n) is 7.96. The fourth-order valence-corrected chi connectivity index (χ4v) is 5.05. The van der Waals surface area contributed by atoms with Gasteiger partial charge in [0.2, 0.25) is 5.91 Å². The molecule has 158 valence electrons. The smallest absolute Gasteiger partial charge is 0.334 e. The van der Waals surface area contributed by atoms with Crippen LogP contribution in [0.2, 0.25) is 0 Å². The van der Waals surface area contributed by atoms with Gasteiger partial charge in [-0.3, -0.25) is 4.79 Å². The van der Waals surface area contributed by atoms with E-state index in [1.165, 1.54) is 12.0 Å². The summed E-state index contributed by atoms with van der Waals surface area (Å²) in [6.07, 6.45) is 3.14. The summed E-state index contributed by atoms with van der Waals surface area (Å²) >= 11 is 0. The van der Waals surface area contributed by atoms with Gasteiger partial charge in [-0.25, -0.2) is 4.79 Å². The minimum absolute atomic E-state index is 0.0117. The summed E-state index contributed by atoms with van der Waals surface area (Å²) in [6.45, 7) is 5.84. The summed E-state index contributed by atoms with van der Waals surface area (Å²) < 4.78 is 5.05. The van der Waals surface area contributed by atoms with Gasteiger partial charge in [-0.1, -0.05) is 60.2 Å². The van der Waals surface area contributed by atoms with Gasteiger partial charge in [0.25, 0.3) is 0 Å². The number of ether oxygens (including phenoxy) is 1. The molecule has 0 bridgehead atoms. The van der Waals surface area contributed by atoms with Crippen LogP contribution in [0.3, 0.4) is 0 Å². The number of methoxy groups -OCH3 is 1. The molecule has 0 saturated carbocycles. The van der Waals surface area contributed by atoms with E-state index in [1.807, 2.05) is 31.2 Å². The lowest BCUT2D eigenvalue weighted by Crippen LogP contribution is -2.53. The number of carbonyl (C=O) groups is 2. The number of nitriles is 2. The first-order chi connectivity index (χ1) is 15.4. The van der Waals surface area contributed by atoms with Crippen molar-refractivity contribution in [1.29, 1.82) is 10.5 Å². The average Bonchev–Trinajstić information content (AvgIpc) is 3.26. The van der Waals surface area contributed by atoms with Crippen LogP contribution in [0.4, 0.5) is 5.69 Å². The largest absolute Gasteiger partial charge is 0.466 e. The van der Waals surface area contributed by atoms with Crippen LogP contribution in [0.1, 0.15) is 22.6 Å². The van der Waals surface area contributed by atoms with Crippen LogP contribution in [0.25, 0.3) is 0 Å². The van der Waals surface area contributed by atoms with Crippen molar-refractivity contribution in [2.75, 3.05) is 18.6 Å².